The number of hydrogen-bond acceptors (Lipinski definition) is 3. The van der Waals surface area contributed by atoms with Crippen molar-refractivity contribution in [3.8, 4) is 0 Å². The van der Waals surface area contributed by atoms with Crippen molar-refractivity contribution in [1.82, 2.24) is 4.98 Å². The predicted molar refractivity (Wildman–Crippen MR) is 70.4 cm³/mol. The summed E-state index contributed by atoms with van der Waals surface area (Å²) in [5, 5.41) is 9.15. The summed E-state index contributed by atoms with van der Waals surface area (Å²) in [5.41, 5.74) is 2.23. The maximum absolute atomic E-state index is 11.2. The first-order chi connectivity index (χ1) is 8.59. The Balaban J connectivity index is 2.46. The van der Waals surface area contributed by atoms with Gasteiger partial charge in [-0.15, -0.1) is 0 Å². The van der Waals surface area contributed by atoms with Crippen molar-refractivity contribution in [2.45, 2.75) is 6.92 Å². The molecule has 92 valence electrons. The van der Waals surface area contributed by atoms with Gasteiger partial charge in [0.15, 0.2) is 0 Å². The van der Waals surface area contributed by atoms with Crippen molar-refractivity contribution in [3.05, 3.63) is 53.7 Å². The second kappa shape index (κ2) is 4.87. The first-order valence-electron chi connectivity index (χ1n) is 5.58. The third-order valence-corrected chi connectivity index (χ3v) is 2.72. The maximum atomic E-state index is 11.2. The number of carbonyl (C=O) groups is 1. The lowest BCUT2D eigenvalue weighted by Gasteiger charge is -2.20. The van der Waals surface area contributed by atoms with E-state index in [4.69, 9.17) is 5.11 Å². The Morgan fingerprint density at radius 3 is 2.72 bits per heavy atom. The highest BCUT2D eigenvalue weighted by atomic mass is 16.4. The van der Waals surface area contributed by atoms with Gasteiger partial charge in [-0.25, -0.2) is 9.78 Å². The number of hydrogen-bond donors (Lipinski definition) is 1. The van der Waals surface area contributed by atoms with Gasteiger partial charge in [0.2, 0.25) is 0 Å². The highest BCUT2D eigenvalue weighted by Crippen LogP contribution is 2.25. The minimum absolute atomic E-state index is 0.196. The Labute approximate surface area is 106 Å². The van der Waals surface area contributed by atoms with E-state index in [1.807, 2.05) is 38.2 Å². The standard InChI is InChI=1S/C14H14N2O2/c1-10-5-3-6-11(9-10)16(2)13-12(14(17)18)7-4-8-15-13/h3-9H,1-2H3,(H,17,18). The topological polar surface area (TPSA) is 53.4 Å². The average Bonchev–Trinajstić information content (AvgIpc) is 2.38. The van der Waals surface area contributed by atoms with Gasteiger partial charge in [0, 0.05) is 18.9 Å². The number of anilines is 2. The van der Waals surface area contributed by atoms with E-state index in [1.54, 1.807) is 23.2 Å². The fourth-order valence-corrected chi connectivity index (χ4v) is 1.79. The molecule has 0 amide bonds. The minimum atomic E-state index is -0.974. The Morgan fingerprint density at radius 2 is 2.06 bits per heavy atom. The van der Waals surface area contributed by atoms with Gasteiger partial charge in [-0.2, -0.15) is 0 Å². The van der Waals surface area contributed by atoms with Crippen LogP contribution >= 0.6 is 0 Å². The largest absolute Gasteiger partial charge is 0.478 e. The fraction of sp³-hybridized carbons (Fsp3) is 0.143. The predicted octanol–water partition coefficient (Wildman–Crippen LogP) is 2.86. The minimum Gasteiger partial charge on any atom is -0.478 e. The molecule has 0 bridgehead atoms. The number of aromatic nitrogens is 1. The average molecular weight is 242 g/mol. The highest BCUT2D eigenvalue weighted by molar-refractivity contribution is 5.94. The van der Waals surface area contributed by atoms with Crippen LogP contribution in [0.4, 0.5) is 11.5 Å². The zero-order chi connectivity index (χ0) is 13.1. The monoisotopic (exact) mass is 242 g/mol. The molecule has 0 unspecified atom stereocenters. The van der Waals surface area contributed by atoms with Crippen LogP contribution in [0.1, 0.15) is 15.9 Å². The SMILES string of the molecule is Cc1cccc(N(C)c2ncccc2C(=O)O)c1. The van der Waals surface area contributed by atoms with Gasteiger partial charge in [-0.3, -0.25) is 0 Å². The normalized spacial score (nSPS) is 10.1. The summed E-state index contributed by atoms with van der Waals surface area (Å²) in [7, 11) is 1.81. The van der Waals surface area contributed by atoms with Crippen molar-refractivity contribution in [1.29, 1.82) is 0 Å². The Hall–Kier alpha value is -2.36. The molecule has 4 heteroatoms. The molecule has 0 saturated heterocycles. The molecule has 0 aliphatic heterocycles. The van der Waals surface area contributed by atoms with Crippen molar-refractivity contribution < 1.29 is 9.90 Å². The molecule has 1 aromatic heterocycles. The molecule has 1 heterocycles. The van der Waals surface area contributed by atoms with Crippen LogP contribution in [0.5, 0.6) is 0 Å². The van der Waals surface area contributed by atoms with Crippen LogP contribution in [-0.4, -0.2) is 23.1 Å². The number of aromatic carboxylic acids is 1. The lowest BCUT2D eigenvalue weighted by atomic mass is 10.2. The van der Waals surface area contributed by atoms with E-state index in [2.05, 4.69) is 4.98 Å². The van der Waals surface area contributed by atoms with E-state index in [1.165, 1.54) is 0 Å². The van der Waals surface area contributed by atoms with Crippen molar-refractivity contribution >= 4 is 17.5 Å². The number of rotatable bonds is 3. The molecule has 4 nitrogen and oxygen atoms in total. The van der Waals surface area contributed by atoms with Crippen LogP contribution in [0.25, 0.3) is 0 Å². The molecule has 2 aromatic rings. The maximum Gasteiger partial charge on any atom is 0.339 e. The Bertz CT molecular complexity index is 582. The van der Waals surface area contributed by atoms with Crippen LogP contribution in [0.2, 0.25) is 0 Å². The lowest BCUT2D eigenvalue weighted by molar-refractivity contribution is 0.0697. The molecule has 0 fully saturated rings. The van der Waals surface area contributed by atoms with Crippen LogP contribution in [-0.2, 0) is 0 Å². The molecule has 1 aromatic carbocycles. The van der Waals surface area contributed by atoms with Gasteiger partial charge in [0.05, 0.1) is 0 Å². The van der Waals surface area contributed by atoms with Crippen LogP contribution in [0, 0.1) is 6.92 Å². The van der Waals surface area contributed by atoms with Gasteiger partial charge in [0.25, 0.3) is 0 Å². The summed E-state index contributed by atoms with van der Waals surface area (Å²) < 4.78 is 0. The molecule has 1 N–H and O–H groups in total. The smallest absolute Gasteiger partial charge is 0.339 e. The van der Waals surface area contributed by atoms with E-state index >= 15 is 0 Å². The molecular formula is C14H14N2O2. The van der Waals surface area contributed by atoms with Crippen LogP contribution in [0.15, 0.2) is 42.6 Å². The molecule has 0 radical (unpaired) electrons. The number of benzene rings is 1. The second-order valence-corrected chi connectivity index (χ2v) is 4.08. The zero-order valence-corrected chi connectivity index (χ0v) is 10.3. The Morgan fingerprint density at radius 1 is 1.28 bits per heavy atom. The fourth-order valence-electron chi connectivity index (χ4n) is 1.79. The summed E-state index contributed by atoms with van der Waals surface area (Å²) in [5.74, 6) is -0.534. The number of carboxylic acids is 1. The molecule has 0 atom stereocenters. The summed E-state index contributed by atoms with van der Waals surface area (Å²) >= 11 is 0. The quantitative estimate of drug-likeness (QED) is 0.899. The molecule has 0 aliphatic rings. The first-order valence-corrected chi connectivity index (χ1v) is 5.58. The number of aryl methyl sites for hydroxylation is 1. The van der Waals surface area contributed by atoms with Gasteiger partial charge < -0.3 is 10.0 Å². The first kappa shape index (κ1) is 12.1. The summed E-state index contributed by atoms with van der Waals surface area (Å²) in [4.78, 5) is 17.1. The van der Waals surface area contributed by atoms with Gasteiger partial charge in [-0.1, -0.05) is 12.1 Å². The molecule has 2 rings (SSSR count). The van der Waals surface area contributed by atoms with E-state index in [0.29, 0.717) is 5.82 Å². The number of carboxylic acid groups (broad SMARTS) is 1. The molecule has 0 saturated carbocycles. The van der Waals surface area contributed by atoms with E-state index in [0.717, 1.165) is 11.3 Å². The van der Waals surface area contributed by atoms with Gasteiger partial charge >= 0.3 is 5.97 Å². The Kier molecular flexibility index (Phi) is 3.28. The molecule has 0 aliphatic carbocycles. The second-order valence-electron chi connectivity index (χ2n) is 4.08. The van der Waals surface area contributed by atoms with Crippen LogP contribution < -0.4 is 4.90 Å². The van der Waals surface area contributed by atoms with Crippen LogP contribution in [0.3, 0.4) is 0 Å². The number of pyridine rings is 1. The third-order valence-electron chi connectivity index (χ3n) is 2.72. The van der Waals surface area contributed by atoms with Gasteiger partial charge in [-0.05, 0) is 36.8 Å². The summed E-state index contributed by atoms with van der Waals surface area (Å²) in [6, 6.07) is 11.0. The van der Waals surface area contributed by atoms with Crippen molar-refractivity contribution in [2.24, 2.45) is 0 Å². The number of nitrogens with zero attached hydrogens (tertiary/aromatic N) is 2. The summed E-state index contributed by atoms with van der Waals surface area (Å²) in [6.45, 7) is 1.99. The van der Waals surface area contributed by atoms with E-state index in [-0.39, 0.29) is 5.56 Å². The highest BCUT2D eigenvalue weighted by Gasteiger charge is 2.15. The van der Waals surface area contributed by atoms with Crippen molar-refractivity contribution in [2.75, 3.05) is 11.9 Å². The zero-order valence-electron chi connectivity index (χ0n) is 10.3. The summed E-state index contributed by atoms with van der Waals surface area (Å²) in [6.07, 6.45) is 1.59. The molecule has 18 heavy (non-hydrogen) atoms. The van der Waals surface area contributed by atoms with E-state index < -0.39 is 5.97 Å². The molecular weight excluding hydrogens is 228 g/mol. The van der Waals surface area contributed by atoms with Crippen molar-refractivity contribution in [3.63, 3.8) is 0 Å². The van der Waals surface area contributed by atoms with E-state index in [9.17, 15) is 4.79 Å². The third kappa shape index (κ3) is 2.32. The lowest BCUT2D eigenvalue weighted by Crippen LogP contribution is -2.15. The van der Waals surface area contributed by atoms with Gasteiger partial charge in [0.1, 0.15) is 11.4 Å². The molecule has 0 spiro atoms.